The second-order valence-electron chi connectivity index (χ2n) is 12.6. The van der Waals surface area contributed by atoms with E-state index < -0.39 is 47.7 Å². The maximum absolute atomic E-state index is 14.0. The largest absolute Gasteiger partial charge is 0.507 e. The van der Waals surface area contributed by atoms with Crippen LogP contribution in [0.5, 0.6) is 5.75 Å². The summed E-state index contributed by atoms with van der Waals surface area (Å²) in [4.78, 5) is 39.8. The topological polar surface area (TPSA) is 139 Å². The standard InChI is InChI=1S/C36H37BN2O8/c1-21-14-23(15-22(2)34(21)40)16-25(24-8-5-4-6-9-24)12-13-31-32-26(20-46-3)17-29-33(30(32)19-37(43)47-31)36(42)38(35(29)41)27-10-7-11-28(18-27)39(44)45/h4-11,14-16,18,29-31,33,40,43H,12-13,17,19-20H2,1-3H3/b25-16-/t29-,30+,31-,33-/m1/s1. The number of aromatic hydroxyl groups is 1. The number of nitrogens with zero attached hydrogens (tertiary/aromatic N) is 2. The fraction of sp³-hybridized carbons (Fsp3) is 0.333. The van der Waals surface area contributed by atoms with Crippen molar-refractivity contribution in [2.45, 2.75) is 45.5 Å². The van der Waals surface area contributed by atoms with Crippen molar-refractivity contribution in [2.75, 3.05) is 18.6 Å². The van der Waals surface area contributed by atoms with Gasteiger partial charge in [0.1, 0.15) is 5.75 Å². The van der Waals surface area contributed by atoms with Crippen molar-refractivity contribution in [1.82, 2.24) is 0 Å². The number of carbonyl (C=O) groups is 2. The van der Waals surface area contributed by atoms with Crippen LogP contribution in [0.3, 0.4) is 0 Å². The number of ether oxygens (including phenoxy) is 1. The van der Waals surface area contributed by atoms with Crippen molar-refractivity contribution in [2.24, 2.45) is 17.8 Å². The number of amides is 2. The third-order valence-electron chi connectivity index (χ3n) is 9.60. The van der Waals surface area contributed by atoms with Gasteiger partial charge < -0.3 is 19.5 Å². The highest BCUT2D eigenvalue weighted by Gasteiger charge is 2.57. The number of nitro benzene ring substituents is 1. The Morgan fingerprint density at radius 1 is 1.06 bits per heavy atom. The van der Waals surface area contributed by atoms with Gasteiger partial charge in [-0.2, -0.15) is 0 Å². The van der Waals surface area contributed by atoms with Crippen molar-refractivity contribution in [3.8, 4) is 5.75 Å². The van der Waals surface area contributed by atoms with Crippen molar-refractivity contribution in [1.29, 1.82) is 0 Å². The summed E-state index contributed by atoms with van der Waals surface area (Å²) in [6.07, 6.45) is 3.10. The molecule has 2 amide bonds. The molecule has 1 aliphatic carbocycles. The molecule has 0 bridgehead atoms. The van der Waals surface area contributed by atoms with Crippen LogP contribution in [-0.2, 0) is 19.0 Å². The first-order valence-corrected chi connectivity index (χ1v) is 15.8. The zero-order chi connectivity index (χ0) is 33.4. The average Bonchev–Trinajstić information content (AvgIpc) is 3.30. The molecule has 3 aliphatic rings. The number of fused-ring (bicyclic) bond motifs is 3. The van der Waals surface area contributed by atoms with E-state index in [-0.39, 0.29) is 30.1 Å². The Bertz CT molecular complexity index is 1770. The smallest absolute Gasteiger partial charge is 0.455 e. The van der Waals surface area contributed by atoms with E-state index >= 15 is 0 Å². The lowest BCUT2D eigenvalue weighted by molar-refractivity contribution is -0.384. The minimum Gasteiger partial charge on any atom is -0.507 e. The third kappa shape index (κ3) is 6.26. The van der Waals surface area contributed by atoms with E-state index in [1.54, 1.807) is 7.11 Å². The van der Waals surface area contributed by atoms with Gasteiger partial charge in [-0.15, -0.1) is 0 Å². The van der Waals surface area contributed by atoms with E-state index in [1.807, 2.05) is 56.3 Å². The van der Waals surface area contributed by atoms with E-state index in [0.717, 1.165) is 43.9 Å². The van der Waals surface area contributed by atoms with Gasteiger partial charge in [0.2, 0.25) is 11.8 Å². The molecule has 2 saturated heterocycles. The van der Waals surface area contributed by atoms with Gasteiger partial charge in [0.05, 0.1) is 35.2 Å². The molecule has 2 aliphatic heterocycles. The summed E-state index contributed by atoms with van der Waals surface area (Å²) in [5.41, 5.74) is 6.33. The number of methoxy groups -OCH3 is 1. The highest BCUT2D eigenvalue weighted by molar-refractivity contribution is 6.43. The number of aryl methyl sites for hydroxylation is 2. The van der Waals surface area contributed by atoms with Crippen LogP contribution < -0.4 is 4.90 Å². The molecule has 6 rings (SSSR count). The maximum Gasteiger partial charge on any atom is 0.455 e. The van der Waals surface area contributed by atoms with Crippen molar-refractivity contribution in [3.05, 3.63) is 110 Å². The molecule has 0 unspecified atom stereocenters. The van der Waals surface area contributed by atoms with Crippen LogP contribution in [0, 0.1) is 41.7 Å². The molecule has 4 atom stereocenters. The molecule has 0 radical (unpaired) electrons. The predicted octanol–water partition coefficient (Wildman–Crippen LogP) is 5.89. The molecule has 0 saturated carbocycles. The molecule has 2 heterocycles. The van der Waals surface area contributed by atoms with Crippen LogP contribution in [-0.4, -0.2) is 53.8 Å². The van der Waals surface area contributed by atoms with E-state index in [9.17, 15) is 29.8 Å². The fourth-order valence-electron chi connectivity index (χ4n) is 7.58. The molecule has 3 aromatic rings. The van der Waals surface area contributed by atoms with Crippen LogP contribution in [0.15, 0.2) is 77.9 Å². The molecule has 2 fully saturated rings. The molecule has 3 aromatic carbocycles. The summed E-state index contributed by atoms with van der Waals surface area (Å²) in [5.74, 6) is -2.41. The number of rotatable bonds is 9. The molecule has 10 nitrogen and oxygen atoms in total. The first-order valence-electron chi connectivity index (χ1n) is 15.8. The highest BCUT2D eigenvalue weighted by Crippen LogP contribution is 2.51. The van der Waals surface area contributed by atoms with E-state index in [2.05, 4.69) is 6.08 Å². The third-order valence-corrected chi connectivity index (χ3v) is 9.60. The molecule has 11 heteroatoms. The molecule has 242 valence electrons. The Balaban J connectivity index is 1.34. The summed E-state index contributed by atoms with van der Waals surface area (Å²) >= 11 is 0. The lowest BCUT2D eigenvalue weighted by atomic mass is 9.58. The van der Waals surface area contributed by atoms with Crippen LogP contribution >= 0.6 is 0 Å². The van der Waals surface area contributed by atoms with Crippen molar-refractivity contribution in [3.63, 3.8) is 0 Å². The first kappa shape index (κ1) is 32.4. The number of anilines is 1. The van der Waals surface area contributed by atoms with Crippen molar-refractivity contribution < 1.29 is 34.0 Å². The summed E-state index contributed by atoms with van der Waals surface area (Å²) in [6.45, 7) is 3.99. The van der Waals surface area contributed by atoms with Gasteiger partial charge in [0, 0.05) is 19.2 Å². The normalized spacial score (nSPS) is 22.9. The minimum atomic E-state index is -1.14. The molecule has 2 N–H and O–H groups in total. The van der Waals surface area contributed by atoms with Gasteiger partial charge in [-0.3, -0.25) is 19.7 Å². The SMILES string of the molecule is COCC1=C2[C@@H](CC/C(=C/c3cc(C)c(O)c(C)c3)c3ccccc3)OB(O)C[C@@H]2[C@@H]2C(=O)N(c3cccc([N+](=O)[O-])c3)C(=O)[C@@H]2C1. The van der Waals surface area contributed by atoms with Crippen molar-refractivity contribution >= 4 is 42.0 Å². The van der Waals surface area contributed by atoms with Crippen LogP contribution in [0.25, 0.3) is 11.6 Å². The number of phenols is 1. The van der Waals surface area contributed by atoms with Gasteiger partial charge in [-0.1, -0.05) is 42.5 Å². The number of non-ortho nitro benzene ring substituents is 1. The fourth-order valence-corrected chi connectivity index (χ4v) is 7.58. The lowest BCUT2D eigenvalue weighted by Gasteiger charge is -2.43. The molecular formula is C36H37BN2O8. The lowest BCUT2D eigenvalue weighted by Crippen LogP contribution is -2.46. The monoisotopic (exact) mass is 636 g/mol. The van der Waals surface area contributed by atoms with Crippen LogP contribution in [0.1, 0.15) is 41.5 Å². The predicted molar refractivity (Wildman–Crippen MR) is 178 cm³/mol. The van der Waals surface area contributed by atoms with Gasteiger partial charge in [0.15, 0.2) is 0 Å². The minimum absolute atomic E-state index is 0.148. The first-order chi connectivity index (χ1) is 22.6. The van der Waals surface area contributed by atoms with E-state index in [0.29, 0.717) is 19.3 Å². The number of allylic oxidation sites excluding steroid dienone is 1. The number of benzene rings is 3. The number of nitro groups is 1. The highest BCUT2D eigenvalue weighted by atomic mass is 16.6. The zero-order valence-corrected chi connectivity index (χ0v) is 26.6. The summed E-state index contributed by atoms with van der Waals surface area (Å²) in [6, 6.07) is 19.4. The Kier molecular flexibility index (Phi) is 9.14. The summed E-state index contributed by atoms with van der Waals surface area (Å²) in [7, 11) is 0.439. The number of carbonyl (C=O) groups excluding carboxylic acids is 2. The molecule has 0 spiro atoms. The molecule has 0 aromatic heterocycles. The Labute approximate surface area is 273 Å². The number of hydrogen-bond donors (Lipinski definition) is 2. The van der Waals surface area contributed by atoms with Gasteiger partial charge >= 0.3 is 7.12 Å². The van der Waals surface area contributed by atoms with E-state index in [1.165, 1.54) is 24.3 Å². The average molecular weight is 637 g/mol. The molecular weight excluding hydrogens is 599 g/mol. The van der Waals surface area contributed by atoms with E-state index in [4.69, 9.17) is 9.39 Å². The summed E-state index contributed by atoms with van der Waals surface area (Å²) in [5, 5.41) is 32.8. The Hall–Kier alpha value is -4.58. The number of hydrogen-bond acceptors (Lipinski definition) is 8. The van der Waals surface area contributed by atoms with Gasteiger partial charge in [-0.25, -0.2) is 4.90 Å². The zero-order valence-electron chi connectivity index (χ0n) is 26.6. The quantitative estimate of drug-likeness (QED) is 0.0741. The Morgan fingerprint density at radius 3 is 2.47 bits per heavy atom. The van der Waals surface area contributed by atoms with Crippen LogP contribution in [0.2, 0.25) is 6.32 Å². The number of phenolic OH excluding ortho intramolecular Hbond substituents is 1. The Morgan fingerprint density at radius 2 is 1.79 bits per heavy atom. The molecule has 47 heavy (non-hydrogen) atoms. The maximum atomic E-state index is 14.0. The van der Waals surface area contributed by atoms with Gasteiger partial charge in [0.25, 0.3) is 5.69 Å². The van der Waals surface area contributed by atoms with Crippen LogP contribution in [0.4, 0.5) is 11.4 Å². The second-order valence-corrected chi connectivity index (χ2v) is 12.6. The van der Waals surface area contributed by atoms with Gasteiger partial charge in [-0.05, 0) is 103 Å². The second kappa shape index (κ2) is 13.3. The number of imide groups is 1. The summed E-state index contributed by atoms with van der Waals surface area (Å²) < 4.78 is 11.8.